The maximum atomic E-state index is 4.24. The minimum Gasteiger partial charge on any atom is -0.310 e. The van der Waals surface area contributed by atoms with Gasteiger partial charge in [0.25, 0.3) is 0 Å². The number of aromatic nitrogens is 2. The topological polar surface area (TPSA) is 29.9 Å². The highest BCUT2D eigenvalue weighted by molar-refractivity contribution is 9.10. The highest BCUT2D eigenvalue weighted by Crippen LogP contribution is 2.23. The van der Waals surface area contributed by atoms with E-state index in [-0.39, 0.29) is 0 Å². The standard InChI is InChI=1S/C15H20BrN3/c1-4-17-15(8-12-9-18-19(3)10-12)13-5-6-14(16)11(2)7-13/h5-7,9-10,15,17H,4,8H2,1-3H3. The zero-order valence-electron chi connectivity index (χ0n) is 11.7. The summed E-state index contributed by atoms with van der Waals surface area (Å²) in [6.45, 7) is 5.22. The van der Waals surface area contributed by atoms with E-state index in [1.165, 1.54) is 16.7 Å². The fraction of sp³-hybridized carbons (Fsp3) is 0.400. The van der Waals surface area contributed by atoms with Gasteiger partial charge in [0.05, 0.1) is 6.20 Å². The van der Waals surface area contributed by atoms with Gasteiger partial charge in [-0.05, 0) is 42.6 Å². The van der Waals surface area contributed by atoms with Gasteiger partial charge < -0.3 is 5.32 Å². The smallest absolute Gasteiger partial charge is 0.0522 e. The fourth-order valence-electron chi connectivity index (χ4n) is 2.25. The Labute approximate surface area is 123 Å². The van der Waals surface area contributed by atoms with Gasteiger partial charge in [-0.3, -0.25) is 4.68 Å². The van der Waals surface area contributed by atoms with E-state index in [2.05, 4.69) is 64.6 Å². The van der Waals surface area contributed by atoms with Gasteiger partial charge in [-0.25, -0.2) is 0 Å². The van der Waals surface area contributed by atoms with Gasteiger partial charge in [0.1, 0.15) is 0 Å². The van der Waals surface area contributed by atoms with Gasteiger partial charge in [0.2, 0.25) is 0 Å². The van der Waals surface area contributed by atoms with Gasteiger partial charge >= 0.3 is 0 Å². The van der Waals surface area contributed by atoms with Gasteiger partial charge in [0, 0.05) is 23.8 Å². The third-order valence-corrected chi connectivity index (χ3v) is 4.12. The lowest BCUT2D eigenvalue weighted by molar-refractivity contribution is 0.549. The maximum Gasteiger partial charge on any atom is 0.0522 e. The molecule has 1 aromatic heterocycles. The van der Waals surface area contributed by atoms with Crippen LogP contribution < -0.4 is 5.32 Å². The van der Waals surface area contributed by atoms with Crippen LogP contribution in [0.4, 0.5) is 0 Å². The molecule has 0 bridgehead atoms. The SMILES string of the molecule is CCNC(Cc1cnn(C)c1)c1ccc(Br)c(C)c1. The minimum atomic E-state index is 0.334. The number of halogens is 1. The predicted molar refractivity (Wildman–Crippen MR) is 82.2 cm³/mol. The van der Waals surface area contributed by atoms with Gasteiger partial charge in [-0.1, -0.05) is 35.0 Å². The van der Waals surface area contributed by atoms with Gasteiger partial charge in [-0.2, -0.15) is 5.10 Å². The molecular weight excluding hydrogens is 302 g/mol. The van der Waals surface area contributed by atoms with E-state index in [4.69, 9.17) is 0 Å². The molecule has 0 aliphatic carbocycles. The summed E-state index contributed by atoms with van der Waals surface area (Å²) in [5.74, 6) is 0. The highest BCUT2D eigenvalue weighted by atomic mass is 79.9. The number of benzene rings is 1. The largest absolute Gasteiger partial charge is 0.310 e. The summed E-state index contributed by atoms with van der Waals surface area (Å²) >= 11 is 3.55. The molecule has 19 heavy (non-hydrogen) atoms. The van der Waals surface area contributed by atoms with Crippen LogP contribution in [0.25, 0.3) is 0 Å². The molecule has 2 rings (SSSR count). The number of hydrogen-bond donors (Lipinski definition) is 1. The van der Waals surface area contributed by atoms with Crippen LogP contribution >= 0.6 is 15.9 Å². The van der Waals surface area contributed by atoms with Gasteiger partial charge in [-0.15, -0.1) is 0 Å². The van der Waals surface area contributed by atoms with Crippen molar-refractivity contribution >= 4 is 15.9 Å². The van der Waals surface area contributed by atoms with Crippen LogP contribution in [0.2, 0.25) is 0 Å². The summed E-state index contributed by atoms with van der Waals surface area (Å²) in [5.41, 5.74) is 3.85. The van der Waals surface area contributed by atoms with Gasteiger partial charge in [0.15, 0.2) is 0 Å². The zero-order valence-corrected chi connectivity index (χ0v) is 13.2. The molecule has 2 aromatic rings. The van der Waals surface area contributed by atoms with Crippen molar-refractivity contribution in [3.05, 3.63) is 51.8 Å². The molecule has 1 N–H and O–H groups in total. The normalized spacial score (nSPS) is 12.6. The Morgan fingerprint density at radius 3 is 2.79 bits per heavy atom. The second-order valence-electron chi connectivity index (χ2n) is 4.85. The molecular formula is C15H20BrN3. The Hall–Kier alpha value is -1.13. The molecule has 0 spiro atoms. The number of rotatable bonds is 5. The van der Waals surface area contributed by atoms with E-state index < -0.39 is 0 Å². The number of nitrogens with one attached hydrogen (secondary N) is 1. The van der Waals surface area contributed by atoms with Crippen molar-refractivity contribution in [2.45, 2.75) is 26.3 Å². The molecule has 1 aromatic carbocycles. The molecule has 3 nitrogen and oxygen atoms in total. The molecule has 1 atom stereocenters. The summed E-state index contributed by atoms with van der Waals surface area (Å²) in [7, 11) is 1.95. The average molecular weight is 322 g/mol. The summed E-state index contributed by atoms with van der Waals surface area (Å²) in [4.78, 5) is 0. The van der Waals surface area contributed by atoms with Crippen LogP contribution in [-0.4, -0.2) is 16.3 Å². The third-order valence-electron chi connectivity index (χ3n) is 3.23. The third kappa shape index (κ3) is 3.67. The Kier molecular flexibility index (Phi) is 4.77. The molecule has 0 aliphatic rings. The summed E-state index contributed by atoms with van der Waals surface area (Å²) < 4.78 is 3.01. The molecule has 1 unspecified atom stereocenters. The Morgan fingerprint density at radius 2 is 2.21 bits per heavy atom. The summed E-state index contributed by atoms with van der Waals surface area (Å²) in [6, 6.07) is 6.88. The van der Waals surface area contributed by atoms with Crippen molar-refractivity contribution in [1.29, 1.82) is 0 Å². The van der Waals surface area contributed by atoms with Crippen LogP contribution in [0.5, 0.6) is 0 Å². The van der Waals surface area contributed by atoms with E-state index in [0.29, 0.717) is 6.04 Å². The first-order valence-electron chi connectivity index (χ1n) is 6.57. The first-order valence-corrected chi connectivity index (χ1v) is 7.36. The lowest BCUT2D eigenvalue weighted by Gasteiger charge is -2.18. The molecule has 0 saturated carbocycles. The van der Waals surface area contributed by atoms with E-state index in [0.717, 1.165) is 17.4 Å². The monoisotopic (exact) mass is 321 g/mol. The molecule has 0 radical (unpaired) electrons. The molecule has 0 amide bonds. The quantitative estimate of drug-likeness (QED) is 0.914. The van der Waals surface area contributed by atoms with E-state index in [1.54, 1.807) is 0 Å². The van der Waals surface area contributed by atoms with Crippen LogP contribution in [0.1, 0.15) is 29.7 Å². The number of aryl methyl sites for hydroxylation is 2. The van der Waals surface area contributed by atoms with Crippen LogP contribution in [-0.2, 0) is 13.5 Å². The molecule has 102 valence electrons. The first-order chi connectivity index (χ1) is 9.10. The van der Waals surface area contributed by atoms with E-state index in [9.17, 15) is 0 Å². The molecule has 0 saturated heterocycles. The second-order valence-corrected chi connectivity index (χ2v) is 5.70. The van der Waals surface area contributed by atoms with Crippen LogP contribution in [0.3, 0.4) is 0 Å². The summed E-state index contributed by atoms with van der Waals surface area (Å²) in [5, 5.41) is 7.79. The molecule has 4 heteroatoms. The Bertz CT molecular complexity index is 548. The average Bonchev–Trinajstić information content (AvgIpc) is 2.78. The van der Waals surface area contributed by atoms with Crippen molar-refractivity contribution in [1.82, 2.24) is 15.1 Å². The molecule has 0 aliphatic heterocycles. The first kappa shape index (κ1) is 14.3. The predicted octanol–water partition coefficient (Wildman–Crippen LogP) is 3.38. The van der Waals surface area contributed by atoms with Crippen molar-refractivity contribution < 1.29 is 0 Å². The van der Waals surface area contributed by atoms with E-state index >= 15 is 0 Å². The van der Waals surface area contributed by atoms with Crippen molar-refractivity contribution in [3.8, 4) is 0 Å². The Balaban J connectivity index is 2.21. The fourth-order valence-corrected chi connectivity index (χ4v) is 2.50. The maximum absolute atomic E-state index is 4.24. The highest BCUT2D eigenvalue weighted by Gasteiger charge is 2.13. The Morgan fingerprint density at radius 1 is 1.42 bits per heavy atom. The van der Waals surface area contributed by atoms with Crippen LogP contribution in [0.15, 0.2) is 35.1 Å². The van der Waals surface area contributed by atoms with Crippen molar-refractivity contribution in [3.63, 3.8) is 0 Å². The molecule has 1 heterocycles. The minimum absolute atomic E-state index is 0.334. The second kappa shape index (κ2) is 6.35. The number of hydrogen-bond acceptors (Lipinski definition) is 2. The van der Waals surface area contributed by atoms with Crippen molar-refractivity contribution in [2.24, 2.45) is 7.05 Å². The molecule has 0 fully saturated rings. The lowest BCUT2D eigenvalue weighted by Crippen LogP contribution is -2.22. The zero-order chi connectivity index (χ0) is 13.8. The number of nitrogens with zero attached hydrogens (tertiary/aromatic N) is 2. The van der Waals surface area contributed by atoms with Crippen molar-refractivity contribution in [2.75, 3.05) is 6.54 Å². The van der Waals surface area contributed by atoms with E-state index in [1.807, 2.05) is 17.9 Å². The lowest BCUT2D eigenvalue weighted by atomic mass is 9.99. The number of likely N-dealkylation sites (N-methyl/N-ethyl adjacent to an activating group) is 1. The van der Waals surface area contributed by atoms with Crippen LogP contribution in [0, 0.1) is 6.92 Å². The summed E-state index contributed by atoms with van der Waals surface area (Å²) in [6.07, 6.45) is 4.98.